The van der Waals surface area contributed by atoms with E-state index in [1.807, 2.05) is 0 Å². The van der Waals surface area contributed by atoms with E-state index in [1.54, 1.807) is 10.8 Å². The lowest BCUT2D eigenvalue weighted by molar-refractivity contribution is -0.163. The lowest BCUT2D eigenvalue weighted by atomic mass is 9.94. The third kappa shape index (κ3) is 5.66. The maximum absolute atomic E-state index is 15.0. The van der Waals surface area contributed by atoms with Gasteiger partial charge in [-0.2, -0.15) is 13.2 Å². The van der Waals surface area contributed by atoms with Crippen LogP contribution in [-0.4, -0.2) is 69.4 Å². The van der Waals surface area contributed by atoms with Crippen LogP contribution in [0, 0.1) is 0 Å². The summed E-state index contributed by atoms with van der Waals surface area (Å²) in [6.45, 7) is 1.03. The van der Waals surface area contributed by atoms with Crippen molar-refractivity contribution in [3.05, 3.63) is 36.0 Å². The molecule has 34 heavy (non-hydrogen) atoms. The molecule has 0 bridgehead atoms. The summed E-state index contributed by atoms with van der Waals surface area (Å²) >= 11 is 0. The summed E-state index contributed by atoms with van der Waals surface area (Å²) in [6.07, 6.45) is -2.01. The maximum Gasteiger partial charge on any atom is 0.433 e. The van der Waals surface area contributed by atoms with Crippen LogP contribution in [0.15, 0.2) is 24.5 Å². The molecule has 2 aromatic rings. The topological polar surface area (TPSA) is 89.7 Å². The first-order valence-electron chi connectivity index (χ1n) is 11.2. The molecule has 2 fully saturated rings. The molecule has 4 heterocycles. The molecule has 1 unspecified atom stereocenters. The number of likely N-dealkylation sites (tertiary alicyclic amines) is 1. The molecule has 0 spiro atoms. The highest BCUT2D eigenvalue weighted by Crippen LogP contribution is 2.34. The van der Waals surface area contributed by atoms with Gasteiger partial charge >= 0.3 is 12.3 Å². The molecule has 12 heteroatoms. The van der Waals surface area contributed by atoms with Crippen LogP contribution in [0.5, 0.6) is 0 Å². The normalized spacial score (nSPS) is 23.8. The van der Waals surface area contributed by atoms with Crippen molar-refractivity contribution in [2.75, 3.05) is 26.3 Å². The van der Waals surface area contributed by atoms with Crippen molar-refractivity contribution in [2.24, 2.45) is 0 Å². The van der Waals surface area contributed by atoms with E-state index in [1.165, 1.54) is 6.07 Å². The van der Waals surface area contributed by atoms with Crippen molar-refractivity contribution in [1.29, 1.82) is 0 Å². The van der Waals surface area contributed by atoms with Crippen molar-refractivity contribution in [1.82, 2.24) is 19.4 Å². The van der Waals surface area contributed by atoms with Gasteiger partial charge in [0.25, 0.3) is 0 Å². The largest absolute Gasteiger partial charge is 0.465 e. The third-order valence-electron chi connectivity index (χ3n) is 6.07. The van der Waals surface area contributed by atoms with Gasteiger partial charge < -0.3 is 24.0 Å². The molecule has 0 radical (unpaired) electrons. The Labute approximate surface area is 193 Å². The number of ether oxygens (including phenoxy) is 2. The zero-order valence-electron chi connectivity index (χ0n) is 18.4. The van der Waals surface area contributed by atoms with Crippen LogP contribution in [-0.2, 0) is 22.2 Å². The molecule has 4 rings (SSSR count). The second-order valence-electron chi connectivity index (χ2n) is 8.41. The van der Waals surface area contributed by atoms with Gasteiger partial charge in [-0.3, -0.25) is 4.98 Å². The van der Waals surface area contributed by atoms with Gasteiger partial charge in [0.2, 0.25) is 0 Å². The van der Waals surface area contributed by atoms with E-state index in [0.29, 0.717) is 19.0 Å². The summed E-state index contributed by atoms with van der Waals surface area (Å²) in [6, 6.07) is 2.32. The van der Waals surface area contributed by atoms with Crippen molar-refractivity contribution < 1.29 is 36.9 Å². The highest BCUT2D eigenvalue weighted by atomic mass is 19.4. The smallest absolute Gasteiger partial charge is 0.433 e. The van der Waals surface area contributed by atoms with Gasteiger partial charge in [-0.05, 0) is 37.8 Å². The van der Waals surface area contributed by atoms with Gasteiger partial charge in [-0.15, -0.1) is 0 Å². The molecule has 0 saturated carbocycles. The molecule has 186 valence electrons. The van der Waals surface area contributed by atoms with Crippen LogP contribution in [0.1, 0.15) is 43.1 Å². The van der Waals surface area contributed by atoms with E-state index < -0.39 is 30.1 Å². The minimum atomic E-state index is -4.61. The van der Waals surface area contributed by atoms with Gasteiger partial charge in [-0.25, -0.2) is 14.2 Å². The molecule has 2 saturated heterocycles. The molecule has 1 N–H and O–H groups in total. The Morgan fingerprint density at radius 1 is 1.29 bits per heavy atom. The second kappa shape index (κ2) is 10.3. The van der Waals surface area contributed by atoms with Crippen LogP contribution >= 0.6 is 0 Å². The monoisotopic (exact) mass is 486 g/mol. The van der Waals surface area contributed by atoms with Gasteiger partial charge in [0.05, 0.1) is 24.8 Å². The molecule has 0 aliphatic carbocycles. The van der Waals surface area contributed by atoms with E-state index in [-0.39, 0.29) is 43.7 Å². The molecule has 3 atom stereocenters. The van der Waals surface area contributed by atoms with Crippen LogP contribution in [0.3, 0.4) is 0 Å². The number of rotatable bonds is 6. The van der Waals surface area contributed by atoms with Crippen molar-refractivity contribution in [3.63, 3.8) is 0 Å². The summed E-state index contributed by atoms with van der Waals surface area (Å²) in [5.41, 5.74) is -0.584. The van der Waals surface area contributed by atoms with Gasteiger partial charge in [-0.1, -0.05) is 0 Å². The standard InChI is InChI=1S/C22H26F4N4O4/c23-16-12-30(21(31)32)7-5-15(16)20-28-17(14-4-6-27-18(11-14)22(24,25)26)13-29(20)8-10-34-19-3-1-2-9-33-19/h4,6,11,13,15-16,19H,1-3,5,7-10,12H2,(H,31,32)/t15-,16+,19?/m0/s1. The maximum atomic E-state index is 15.0. The SMILES string of the molecule is O=C(O)N1CC[C@H](c2nc(-c3ccnc(C(F)(F)F)c3)cn2CCOC2CCCCO2)[C@H](F)C1. The predicted molar refractivity (Wildman–Crippen MR) is 112 cm³/mol. The Morgan fingerprint density at radius 2 is 2.12 bits per heavy atom. The van der Waals surface area contributed by atoms with Crippen LogP contribution in [0.4, 0.5) is 22.4 Å². The Morgan fingerprint density at radius 3 is 2.79 bits per heavy atom. The fourth-order valence-corrected chi connectivity index (χ4v) is 4.28. The molecular weight excluding hydrogens is 460 g/mol. The van der Waals surface area contributed by atoms with E-state index in [0.717, 1.165) is 36.4 Å². The Kier molecular flexibility index (Phi) is 7.36. The molecule has 2 aliphatic rings. The quantitative estimate of drug-likeness (QED) is 0.612. The Balaban J connectivity index is 1.58. The zero-order valence-corrected chi connectivity index (χ0v) is 18.4. The predicted octanol–water partition coefficient (Wildman–Crippen LogP) is 4.31. The first kappa shape index (κ1) is 24.4. The fourth-order valence-electron chi connectivity index (χ4n) is 4.28. The fraction of sp³-hybridized carbons (Fsp3) is 0.591. The van der Waals surface area contributed by atoms with Crippen molar-refractivity contribution in [3.8, 4) is 11.3 Å². The number of carboxylic acid groups (broad SMARTS) is 1. The number of amides is 1. The van der Waals surface area contributed by atoms with Crippen LogP contribution in [0.25, 0.3) is 11.3 Å². The number of halogens is 4. The number of nitrogens with zero attached hydrogens (tertiary/aromatic N) is 4. The highest BCUT2D eigenvalue weighted by Gasteiger charge is 2.36. The molecule has 1 amide bonds. The summed E-state index contributed by atoms with van der Waals surface area (Å²) < 4.78 is 67.4. The molecular formula is C22H26F4N4O4. The second-order valence-corrected chi connectivity index (χ2v) is 8.41. The van der Waals surface area contributed by atoms with E-state index in [9.17, 15) is 18.0 Å². The average Bonchev–Trinajstić information content (AvgIpc) is 3.23. The molecule has 2 aromatic heterocycles. The van der Waals surface area contributed by atoms with E-state index >= 15 is 4.39 Å². The Bertz CT molecular complexity index is 994. The third-order valence-corrected chi connectivity index (χ3v) is 6.07. The minimum Gasteiger partial charge on any atom is -0.465 e. The van der Waals surface area contributed by atoms with Gasteiger partial charge in [0, 0.05) is 37.7 Å². The first-order chi connectivity index (χ1) is 16.2. The summed E-state index contributed by atoms with van der Waals surface area (Å²) in [7, 11) is 0. The summed E-state index contributed by atoms with van der Waals surface area (Å²) in [5.74, 6) is -0.342. The van der Waals surface area contributed by atoms with Crippen LogP contribution < -0.4 is 0 Å². The lowest BCUT2D eigenvalue weighted by Crippen LogP contribution is -2.44. The average molecular weight is 486 g/mol. The molecule has 8 nitrogen and oxygen atoms in total. The number of alkyl halides is 4. The van der Waals surface area contributed by atoms with E-state index in [4.69, 9.17) is 14.6 Å². The molecule has 2 aliphatic heterocycles. The van der Waals surface area contributed by atoms with Gasteiger partial charge in [0.15, 0.2) is 6.29 Å². The van der Waals surface area contributed by atoms with Gasteiger partial charge in [0.1, 0.15) is 17.7 Å². The summed E-state index contributed by atoms with van der Waals surface area (Å²) in [5, 5.41) is 9.16. The highest BCUT2D eigenvalue weighted by molar-refractivity contribution is 5.65. The number of pyridine rings is 1. The number of hydrogen-bond donors (Lipinski definition) is 1. The van der Waals surface area contributed by atoms with Crippen molar-refractivity contribution in [2.45, 2.75) is 56.8 Å². The van der Waals surface area contributed by atoms with E-state index in [2.05, 4.69) is 9.97 Å². The Hall–Kier alpha value is -2.73. The molecule has 0 aromatic carbocycles. The lowest BCUT2D eigenvalue weighted by Gasteiger charge is -2.32. The number of piperidine rings is 1. The summed E-state index contributed by atoms with van der Waals surface area (Å²) in [4.78, 5) is 20.1. The number of hydrogen-bond acceptors (Lipinski definition) is 5. The first-order valence-corrected chi connectivity index (χ1v) is 11.2. The minimum absolute atomic E-state index is 0.141. The number of aromatic nitrogens is 3. The number of imidazole rings is 1. The van der Waals surface area contributed by atoms with Crippen molar-refractivity contribution >= 4 is 6.09 Å². The zero-order chi connectivity index (χ0) is 24.3. The number of carbonyl (C=O) groups is 1. The van der Waals surface area contributed by atoms with Crippen LogP contribution in [0.2, 0.25) is 0 Å².